The molecule has 0 saturated heterocycles. The van der Waals surface area contributed by atoms with Crippen LogP contribution < -0.4 is 5.56 Å². The second-order valence-electron chi connectivity index (χ2n) is 3.72. The third-order valence-electron chi connectivity index (χ3n) is 2.58. The van der Waals surface area contributed by atoms with Crippen molar-refractivity contribution < 1.29 is 9.94 Å². The molecule has 0 spiro atoms. The van der Waals surface area contributed by atoms with Crippen molar-refractivity contribution in [3.05, 3.63) is 27.7 Å². The fourth-order valence-electron chi connectivity index (χ4n) is 1.50. The Bertz CT molecular complexity index is 489. The third-order valence-corrected chi connectivity index (χ3v) is 2.58. The van der Waals surface area contributed by atoms with Crippen LogP contribution in [0.15, 0.2) is 16.0 Å². The Morgan fingerprint density at radius 1 is 1.53 bits per heavy atom. The van der Waals surface area contributed by atoms with Crippen LogP contribution in [0.1, 0.15) is 31.5 Å². The molecule has 1 heterocycles. The van der Waals surface area contributed by atoms with E-state index in [9.17, 15) is 9.90 Å². The molecule has 0 atom stereocenters. The molecule has 1 aromatic heterocycles. The van der Waals surface area contributed by atoms with E-state index >= 15 is 0 Å². The van der Waals surface area contributed by atoms with Crippen LogP contribution in [0, 0.1) is 6.92 Å². The Kier molecular flexibility index (Phi) is 4.31. The zero-order chi connectivity index (χ0) is 13.0. The van der Waals surface area contributed by atoms with Crippen LogP contribution in [0.3, 0.4) is 0 Å². The minimum absolute atomic E-state index is 0.0501. The number of pyridine rings is 1. The molecule has 0 aliphatic heterocycles. The molecule has 0 unspecified atom stereocenters. The van der Waals surface area contributed by atoms with Crippen molar-refractivity contribution in [2.24, 2.45) is 12.2 Å². The molecule has 1 N–H and O–H groups in total. The van der Waals surface area contributed by atoms with E-state index < -0.39 is 0 Å². The van der Waals surface area contributed by atoms with Crippen molar-refractivity contribution in [2.45, 2.75) is 27.2 Å². The van der Waals surface area contributed by atoms with Crippen molar-refractivity contribution >= 4 is 5.71 Å². The lowest BCUT2D eigenvalue weighted by Gasteiger charge is -2.10. The van der Waals surface area contributed by atoms with Gasteiger partial charge in [-0.3, -0.25) is 4.79 Å². The minimum Gasteiger partial charge on any atom is -0.507 e. The molecule has 0 bridgehead atoms. The second kappa shape index (κ2) is 5.52. The highest BCUT2D eigenvalue weighted by atomic mass is 16.6. The Morgan fingerprint density at radius 2 is 2.18 bits per heavy atom. The first-order valence-corrected chi connectivity index (χ1v) is 5.61. The van der Waals surface area contributed by atoms with Gasteiger partial charge in [-0.05, 0) is 20.3 Å². The number of nitrogens with zero attached hydrogens (tertiary/aromatic N) is 2. The van der Waals surface area contributed by atoms with Crippen molar-refractivity contribution in [3.8, 4) is 5.75 Å². The van der Waals surface area contributed by atoms with Crippen molar-refractivity contribution in [1.82, 2.24) is 4.57 Å². The molecular formula is C12H18N2O3. The standard InChI is InChI=1S/C12H18N2O3/c1-5-9(13-17-6-2)11-10(15)7-8(3)14(4)12(11)16/h7,15H,5-6H2,1-4H3/b13-9+. The minimum atomic E-state index is -0.261. The lowest BCUT2D eigenvalue weighted by Crippen LogP contribution is -2.26. The fraction of sp³-hybridized carbons (Fsp3) is 0.500. The molecule has 0 fully saturated rings. The normalized spacial score (nSPS) is 11.6. The van der Waals surface area contributed by atoms with Gasteiger partial charge in [0.25, 0.3) is 5.56 Å². The summed E-state index contributed by atoms with van der Waals surface area (Å²) in [4.78, 5) is 17.0. The molecule has 5 nitrogen and oxygen atoms in total. The van der Waals surface area contributed by atoms with Crippen LogP contribution in [0.5, 0.6) is 5.75 Å². The summed E-state index contributed by atoms with van der Waals surface area (Å²) in [5.41, 5.74) is 1.12. The van der Waals surface area contributed by atoms with Crippen LogP contribution in [0.4, 0.5) is 0 Å². The van der Waals surface area contributed by atoms with Gasteiger partial charge in [0.05, 0.1) is 5.71 Å². The van der Waals surface area contributed by atoms with E-state index in [0.29, 0.717) is 24.4 Å². The number of oxime groups is 1. The van der Waals surface area contributed by atoms with Gasteiger partial charge in [0.2, 0.25) is 0 Å². The average molecular weight is 238 g/mol. The summed E-state index contributed by atoms with van der Waals surface area (Å²) >= 11 is 0. The van der Waals surface area contributed by atoms with Gasteiger partial charge in [0.15, 0.2) is 0 Å². The molecular weight excluding hydrogens is 220 g/mol. The first kappa shape index (κ1) is 13.3. The highest BCUT2D eigenvalue weighted by Crippen LogP contribution is 2.16. The first-order valence-electron chi connectivity index (χ1n) is 5.61. The number of rotatable bonds is 4. The monoisotopic (exact) mass is 238 g/mol. The number of hydrogen-bond donors (Lipinski definition) is 1. The van der Waals surface area contributed by atoms with E-state index in [1.807, 2.05) is 13.8 Å². The molecule has 1 aromatic rings. The Morgan fingerprint density at radius 3 is 2.71 bits per heavy atom. The van der Waals surface area contributed by atoms with Crippen molar-refractivity contribution in [3.63, 3.8) is 0 Å². The SMILES string of the molecule is CCO/N=C(\CC)c1c(O)cc(C)n(C)c1=O. The zero-order valence-corrected chi connectivity index (χ0v) is 10.6. The zero-order valence-electron chi connectivity index (χ0n) is 10.6. The van der Waals surface area contributed by atoms with Gasteiger partial charge in [-0.25, -0.2) is 0 Å². The molecule has 5 heteroatoms. The summed E-state index contributed by atoms with van der Waals surface area (Å²) in [6, 6.07) is 1.55. The first-order chi connectivity index (χ1) is 8.02. The van der Waals surface area contributed by atoms with Gasteiger partial charge < -0.3 is 14.5 Å². The van der Waals surface area contributed by atoms with E-state index in [1.54, 1.807) is 20.0 Å². The summed E-state index contributed by atoms with van der Waals surface area (Å²) < 4.78 is 1.48. The summed E-state index contributed by atoms with van der Waals surface area (Å²) in [5.74, 6) is -0.0501. The predicted octanol–water partition coefficient (Wildman–Crippen LogP) is 1.55. The van der Waals surface area contributed by atoms with E-state index in [2.05, 4.69) is 5.16 Å². The number of hydrogen-bond acceptors (Lipinski definition) is 4. The summed E-state index contributed by atoms with van der Waals surface area (Å²) in [7, 11) is 1.66. The second-order valence-corrected chi connectivity index (χ2v) is 3.72. The molecule has 0 aromatic carbocycles. The van der Waals surface area contributed by atoms with Gasteiger partial charge in [-0.1, -0.05) is 12.1 Å². The highest BCUT2D eigenvalue weighted by molar-refractivity contribution is 6.01. The maximum atomic E-state index is 12.0. The molecule has 0 saturated carbocycles. The van der Waals surface area contributed by atoms with Crippen LogP contribution >= 0.6 is 0 Å². The van der Waals surface area contributed by atoms with Gasteiger partial charge >= 0.3 is 0 Å². The van der Waals surface area contributed by atoms with Gasteiger partial charge in [0, 0.05) is 18.8 Å². The Hall–Kier alpha value is -1.78. The van der Waals surface area contributed by atoms with E-state index in [1.165, 1.54) is 4.57 Å². The largest absolute Gasteiger partial charge is 0.507 e. The van der Waals surface area contributed by atoms with Crippen LogP contribution in [0.25, 0.3) is 0 Å². The number of aryl methyl sites for hydroxylation is 1. The summed E-state index contributed by atoms with van der Waals surface area (Å²) in [5, 5.41) is 13.7. The molecule has 0 radical (unpaired) electrons. The van der Waals surface area contributed by atoms with Crippen LogP contribution in [-0.2, 0) is 11.9 Å². The van der Waals surface area contributed by atoms with Crippen molar-refractivity contribution in [1.29, 1.82) is 0 Å². The number of aromatic nitrogens is 1. The maximum Gasteiger partial charge on any atom is 0.263 e. The fourth-order valence-corrected chi connectivity index (χ4v) is 1.50. The summed E-state index contributed by atoms with van der Waals surface area (Å²) in [6.45, 7) is 5.85. The van der Waals surface area contributed by atoms with Gasteiger partial charge in [-0.2, -0.15) is 0 Å². The highest BCUT2D eigenvalue weighted by Gasteiger charge is 2.15. The van der Waals surface area contributed by atoms with Crippen LogP contribution in [0.2, 0.25) is 0 Å². The lowest BCUT2D eigenvalue weighted by atomic mass is 10.1. The summed E-state index contributed by atoms with van der Waals surface area (Å²) in [6.07, 6.45) is 0.520. The number of aromatic hydroxyl groups is 1. The molecule has 17 heavy (non-hydrogen) atoms. The van der Waals surface area contributed by atoms with E-state index in [0.717, 1.165) is 0 Å². The average Bonchev–Trinajstić information content (AvgIpc) is 2.30. The van der Waals surface area contributed by atoms with Gasteiger partial charge in [0.1, 0.15) is 17.9 Å². The van der Waals surface area contributed by atoms with Gasteiger partial charge in [-0.15, -0.1) is 0 Å². The molecule has 0 aliphatic rings. The molecule has 94 valence electrons. The Balaban J connectivity index is 3.40. The molecule has 0 aliphatic carbocycles. The predicted molar refractivity (Wildman–Crippen MR) is 66.5 cm³/mol. The Labute approximate surface area is 100 Å². The van der Waals surface area contributed by atoms with E-state index in [4.69, 9.17) is 4.84 Å². The topological polar surface area (TPSA) is 63.8 Å². The maximum absolute atomic E-state index is 12.0. The third kappa shape index (κ3) is 2.67. The van der Waals surface area contributed by atoms with E-state index in [-0.39, 0.29) is 16.9 Å². The quantitative estimate of drug-likeness (QED) is 0.639. The molecule has 1 rings (SSSR count). The lowest BCUT2D eigenvalue weighted by molar-refractivity contribution is 0.158. The van der Waals surface area contributed by atoms with Crippen LogP contribution in [-0.4, -0.2) is 22.0 Å². The van der Waals surface area contributed by atoms with Crippen molar-refractivity contribution in [2.75, 3.05) is 6.61 Å². The smallest absolute Gasteiger partial charge is 0.263 e. The molecule has 0 amide bonds.